The third-order valence-corrected chi connectivity index (χ3v) is 5.94. The van der Waals surface area contributed by atoms with Crippen LogP contribution in [0.2, 0.25) is 0 Å². The molecule has 0 unspecified atom stereocenters. The van der Waals surface area contributed by atoms with Gasteiger partial charge in [0.05, 0.1) is 6.42 Å². The highest BCUT2D eigenvalue weighted by atomic mass is 16.5. The van der Waals surface area contributed by atoms with Crippen LogP contribution in [0.3, 0.4) is 0 Å². The van der Waals surface area contributed by atoms with Crippen LogP contribution in [0.4, 0.5) is 0 Å². The van der Waals surface area contributed by atoms with E-state index in [1.165, 1.54) is 6.07 Å². The van der Waals surface area contributed by atoms with E-state index in [0.29, 0.717) is 11.3 Å². The molecule has 0 spiro atoms. The number of hydrogen-bond acceptors (Lipinski definition) is 10. The van der Waals surface area contributed by atoms with Crippen LogP contribution in [0.5, 0.6) is 34.5 Å². The summed E-state index contributed by atoms with van der Waals surface area (Å²) in [6.45, 7) is -0.361. The Labute approximate surface area is 207 Å². The molecular formula is C26H19NO10. The van der Waals surface area contributed by atoms with Crippen LogP contribution in [-0.4, -0.2) is 38.9 Å². The van der Waals surface area contributed by atoms with Gasteiger partial charge in [0.15, 0.2) is 23.9 Å². The van der Waals surface area contributed by atoms with Gasteiger partial charge in [-0.3, -0.25) is 14.4 Å². The number of aromatic hydroxyl groups is 4. The minimum atomic E-state index is -0.960. The molecule has 0 fully saturated rings. The molecule has 1 aromatic heterocycles. The molecule has 188 valence electrons. The van der Waals surface area contributed by atoms with E-state index in [4.69, 9.17) is 19.6 Å². The molecule has 0 aliphatic carbocycles. The lowest BCUT2D eigenvalue weighted by atomic mass is 9.85. The van der Waals surface area contributed by atoms with Crippen LogP contribution in [0.1, 0.15) is 23.5 Å². The number of rotatable bonds is 5. The number of primary amides is 1. The largest absolute Gasteiger partial charge is 0.507 e. The number of carbonyl (C=O) groups excluding carboxylic acids is 2. The first-order valence-electron chi connectivity index (χ1n) is 10.9. The van der Waals surface area contributed by atoms with Gasteiger partial charge in [0.1, 0.15) is 28.2 Å². The Balaban J connectivity index is 1.76. The van der Waals surface area contributed by atoms with Gasteiger partial charge in [0, 0.05) is 23.1 Å². The van der Waals surface area contributed by atoms with E-state index in [0.717, 1.165) is 18.2 Å². The van der Waals surface area contributed by atoms with Crippen molar-refractivity contribution in [2.75, 3.05) is 6.61 Å². The average Bonchev–Trinajstić information content (AvgIpc) is 2.85. The quantitative estimate of drug-likeness (QED) is 0.153. The van der Waals surface area contributed by atoms with Gasteiger partial charge >= 0.3 is 5.97 Å². The van der Waals surface area contributed by atoms with Crippen molar-refractivity contribution in [2.24, 2.45) is 5.73 Å². The summed E-state index contributed by atoms with van der Waals surface area (Å²) in [7, 11) is 0. The van der Waals surface area contributed by atoms with Gasteiger partial charge in [-0.2, -0.15) is 0 Å². The third kappa shape index (κ3) is 4.12. The van der Waals surface area contributed by atoms with E-state index in [1.807, 2.05) is 0 Å². The Morgan fingerprint density at radius 3 is 2.51 bits per heavy atom. The lowest BCUT2D eigenvalue weighted by molar-refractivity contribution is -0.135. The van der Waals surface area contributed by atoms with E-state index in [1.54, 1.807) is 24.3 Å². The predicted octanol–water partition coefficient (Wildman–Crippen LogP) is 2.59. The number of benzene rings is 3. The molecule has 0 radical (unpaired) electrons. The minimum absolute atomic E-state index is 0.0527. The fraction of sp³-hybridized carbons (Fsp3) is 0.115. The zero-order chi connectivity index (χ0) is 26.4. The number of hydrogen-bond donors (Lipinski definition) is 5. The Kier molecular flexibility index (Phi) is 5.59. The first-order chi connectivity index (χ1) is 17.6. The number of phenols is 3. The van der Waals surface area contributed by atoms with E-state index < -0.39 is 46.2 Å². The zero-order valence-corrected chi connectivity index (χ0v) is 18.9. The molecule has 1 aliphatic rings. The summed E-state index contributed by atoms with van der Waals surface area (Å²) in [6.07, 6.45) is -0.161. The van der Waals surface area contributed by atoms with E-state index in [2.05, 4.69) is 0 Å². The molecule has 11 heteroatoms. The van der Waals surface area contributed by atoms with Crippen LogP contribution >= 0.6 is 0 Å². The van der Waals surface area contributed by atoms with Crippen molar-refractivity contribution in [3.05, 3.63) is 69.9 Å². The molecule has 5 rings (SSSR count). The molecule has 3 aromatic carbocycles. The number of esters is 1. The van der Waals surface area contributed by atoms with Gasteiger partial charge in [-0.15, -0.1) is 0 Å². The van der Waals surface area contributed by atoms with Crippen molar-refractivity contribution in [3.8, 4) is 45.8 Å². The zero-order valence-electron chi connectivity index (χ0n) is 18.9. The van der Waals surface area contributed by atoms with Crippen molar-refractivity contribution in [1.82, 2.24) is 0 Å². The van der Waals surface area contributed by atoms with Crippen LogP contribution in [0, 0.1) is 0 Å². The second-order valence-electron chi connectivity index (χ2n) is 8.38. The Bertz CT molecular complexity index is 1660. The molecule has 1 aliphatic heterocycles. The van der Waals surface area contributed by atoms with E-state index in [9.17, 15) is 34.8 Å². The highest BCUT2D eigenvalue weighted by Crippen LogP contribution is 2.47. The average molecular weight is 505 g/mol. The first kappa shape index (κ1) is 23.5. The van der Waals surface area contributed by atoms with Crippen molar-refractivity contribution < 1.29 is 43.9 Å². The fourth-order valence-corrected chi connectivity index (χ4v) is 4.30. The molecular weight excluding hydrogens is 486 g/mol. The normalized spacial score (nSPS) is 14.7. The van der Waals surface area contributed by atoms with Crippen LogP contribution in [0.15, 0.2) is 57.7 Å². The standard InChI is InChI=1S/C26H19NO10/c27-19(31)10-35-13-3-1-2-11(6-13)14-8-20(32)36-18-9-17(30)22-23(33)24(34)25(37-26(22)21(14)18)12-4-5-15(28)16(29)7-12/h1-7,9,14,28-30,34H,8,10H2,(H2,27,31)/t14-/m1/s1. The Hall–Kier alpha value is -5.19. The van der Waals surface area contributed by atoms with Crippen molar-refractivity contribution in [1.29, 1.82) is 0 Å². The summed E-state index contributed by atoms with van der Waals surface area (Å²) in [5.41, 5.74) is 4.90. The molecule has 2 heterocycles. The summed E-state index contributed by atoms with van der Waals surface area (Å²) in [5, 5.41) is 40.4. The summed E-state index contributed by atoms with van der Waals surface area (Å²) < 4.78 is 16.7. The van der Waals surface area contributed by atoms with Crippen LogP contribution in [-0.2, 0) is 9.59 Å². The van der Waals surface area contributed by atoms with Crippen LogP contribution in [0.25, 0.3) is 22.3 Å². The Morgan fingerprint density at radius 2 is 1.78 bits per heavy atom. The molecule has 6 N–H and O–H groups in total. The number of amides is 1. The van der Waals surface area contributed by atoms with Gasteiger partial charge in [-0.25, -0.2) is 0 Å². The molecule has 0 bridgehead atoms. The highest BCUT2D eigenvalue weighted by molar-refractivity contribution is 5.94. The highest BCUT2D eigenvalue weighted by Gasteiger charge is 2.34. The monoisotopic (exact) mass is 505 g/mol. The van der Waals surface area contributed by atoms with Gasteiger partial charge in [0.25, 0.3) is 5.91 Å². The number of ether oxygens (including phenoxy) is 2. The van der Waals surface area contributed by atoms with E-state index in [-0.39, 0.29) is 46.6 Å². The molecule has 1 amide bonds. The maximum Gasteiger partial charge on any atom is 0.312 e. The number of carbonyl (C=O) groups is 2. The fourth-order valence-electron chi connectivity index (χ4n) is 4.30. The minimum Gasteiger partial charge on any atom is -0.507 e. The summed E-state index contributed by atoms with van der Waals surface area (Å²) in [4.78, 5) is 36.7. The number of phenolic OH excluding ortho intramolecular Hbond substituents is 3. The second kappa shape index (κ2) is 8.79. The Morgan fingerprint density at radius 1 is 1.00 bits per heavy atom. The number of nitrogens with two attached hydrogens (primary N) is 1. The lowest BCUT2D eigenvalue weighted by Gasteiger charge is -2.26. The van der Waals surface area contributed by atoms with Gasteiger partial charge in [0.2, 0.25) is 11.2 Å². The first-order valence-corrected chi connectivity index (χ1v) is 10.9. The summed E-state index contributed by atoms with van der Waals surface area (Å²) >= 11 is 0. The molecule has 1 atom stereocenters. The topological polar surface area (TPSA) is 190 Å². The molecule has 11 nitrogen and oxygen atoms in total. The van der Waals surface area contributed by atoms with E-state index >= 15 is 0 Å². The van der Waals surface area contributed by atoms with Gasteiger partial charge < -0.3 is 40.1 Å². The molecule has 4 aromatic rings. The van der Waals surface area contributed by atoms with Gasteiger partial charge in [-0.1, -0.05) is 12.1 Å². The van der Waals surface area contributed by atoms with Crippen molar-refractivity contribution in [2.45, 2.75) is 12.3 Å². The number of fused-ring (bicyclic) bond motifs is 3. The second-order valence-corrected chi connectivity index (χ2v) is 8.38. The van der Waals surface area contributed by atoms with Gasteiger partial charge in [-0.05, 0) is 35.9 Å². The van der Waals surface area contributed by atoms with Crippen LogP contribution < -0.4 is 20.6 Å². The molecule has 0 saturated heterocycles. The summed E-state index contributed by atoms with van der Waals surface area (Å²) in [6, 6.07) is 11.2. The lowest BCUT2D eigenvalue weighted by Crippen LogP contribution is -2.22. The molecule has 37 heavy (non-hydrogen) atoms. The summed E-state index contributed by atoms with van der Waals surface area (Å²) in [5.74, 6) is -4.45. The maximum atomic E-state index is 13.1. The SMILES string of the molecule is NC(=O)COc1cccc([C@H]2CC(=O)Oc3cc(O)c4c(=O)c(O)c(-c5ccc(O)c(O)c5)oc4c32)c1. The predicted molar refractivity (Wildman–Crippen MR) is 128 cm³/mol. The maximum absolute atomic E-state index is 13.1. The third-order valence-electron chi connectivity index (χ3n) is 5.94. The molecule has 0 saturated carbocycles. The van der Waals surface area contributed by atoms with Crippen molar-refractivity contribution in [3.63, 3.8) is 0 Å². The van der Waals surface area contributed by atoms with Crippen molar-refractivity contribution >= 4 is 22.8 Å². The smallest absolute Gasteiger partial charge is 0.312 e.